The standard InChI is InChI=1S/C18H16FN5O/c19-15-3-1-12(2-4-15)11-14-7-10-24(17(14)25)18-21-16(22-23-18)13-5-8-20-9-6-13/h1-6,8-9,14H,7,10-11H2,(H,21,22,23). The zero-order valence-electron chi connectivity index (χ0n) is 13.4. The van der Waals surface area contributed by atoms with E-state index in [9.17, 15) is 9.18 Å². The number of carbonyl (C=O) groups is 1. The van der Waals surface area contributed by atoms with Gasteiger partial charge in [-0.2, -0.15) is 0 Å². The highest BCUT2D eigenvalue weighted by atomic mass is 19.1. The molecule has 6 nitrogen and oxygen atoms in total. The molecule has 25 heavy (non-hydrogen) atoms. The quantitative estimate of drug-likeness (QED) is 0.794. The van der Waals surface area contributed by atoms with Crippen molar-refractivity contribution in [2.45, 2.75) is 12.8 Å². The van der Waals surface area contributed by atoms with Crippen LogP contribution in [-0.4, -0.2) is 32.6 Å². The van der Waals surface area contributed by atoms with Crippen molar-refractivity contribution in [3.05, 3.63) is 60.2 Å². The van der Waals surface area contributed by atoms with Gasteiger partial charge in [-0.25, -0.2) is 4.39 Å². The molecule has 4 rings (SSSR count). The summed E-state index contributed by atoms with van der Waals surface area (Å²) in [7, 11) is 0. The number of anilines is 1. The van der Waals surface area contributed by atoms with E-state index in [-0.39, 0.29) is 17.6 Å². The van der Waals surface area contributed by atoms with Crippen molar-refractivity contribution in [3.63, 3.8) is 0 Å². The molecule has 126 valence electrons. The SMILES string of the molecule is O=C1C(Cc2ccc(F)cc2)CCN1c1nnc(-c2ccncc2)[nH]1. The summed E-state index contributed by atoms with van der Waals surface area (Å²) in [5, 5.41) is 8.22. The summed E-state index contributed by atoms with van der Waals surface area (Å²) in [6, 6.07) is 9.94. The van der Waals surface area contributed by atoms with Crippen molar-refractivity contribution < 1.29 is 9.18 Å². The Bertz CT molecular complexity index is 878. The Morgan fingerprint density at radius 1 is 1.12 bits per heavy atom. The van der Waals surface area contributed by atoms with Crippen molar-refractivity contribution in [2.75, 3.05) is 11.4 Å². The molecular formula is C18H16FN5O. The van der Waals surface area contributed by atoms with Crippen LogP contribution in [0.4, 0.5) is 10.3 Å². The third kappa shape index (κ3) is 3.13. The summed E-state index contributed by atoms with van der Waals surface area (Å²) < 4.78 is 13.0. The minimum absolute atomic E-state index is 0.0155. The number of pyridine rings is 1. The number of aromatic amines is 1. The number of hydrogen-bond donors (Lipinski definition) is 1. The molecule has 0 radical (unpaired) electrons. The van der Waals surface area contributed by atoms with Crippen molar-refractivity contribution in [2.24, 2.45) is 5.92 Å². The van der Waals surface area contributed by atoms with Crippen LogP contribution in [0.2, 0.25) is 0 Å². The molecule has 1 aromatic carbocycles. The molecule has 1 N–H and O–H groups in total. The molecule has 2 aromatic heterocycles. The van der Waals surface area contributed by atoms with Crippen LogP contribution in [0, 0.1) is 11.7 Å². The third-order valence-electron chi connectivity index (χ3n) is 4.40. The van der Waals surface area contributed by atoms with Gasteiger partial charge in [0.05, 0.1) is 0 Å². The van der Waals surface area contributed by atoms with E-state index < -0.39 is 0 Å². The fourth-order valence-electron chi connectivity index (χ4n) is 3.06. The molecule has 1 atom stereocenters. The van der Waals surface area contributed by atoms with Gasteiger partial charge in [0.1, 0.15) is 5.82 Å². The molecule has 0 saturated carbocycles. The number of H-pyrrole nitrogens is 1. The molecule has 1 aliphatic rings. The van der Waals surface area contributed by atoms with E-state index >= 15 is 0 Å². The fourth-order valence-corrected chi connectivity index (χ4v) is 3.06. The summed E-state index contributed by atoms with van der Waals surface area (Å²) in [6.45, 7) is 0.593. The number of aromatic nitrogens is 4. The molecule has 1 aliphatic heterocycles. The van der Waals surface area contributed by atoms with Crippen molar-refractivity contribution in [1.29, 1.82) is 0 Å². The molecule has 1 unspecified atom stereocenters. The molecule has 3 aromatic rings. The predicted molar refractivity (Wildman–Crippen MR) is 90.2 cm³/mol. The van der Waals surface area contributed by atoms with Crippen LogP contribution in [0.15, 0.2) is 48.8 Å². The van der Waals surface area contributed by atoms with E-state index in [1.807, 2.05) is 12.1 Å². The lowest BCUT2D eigenvalue weighted by molar-refractivity contribution is -0.120. The second kappa shape index (κ2) is 6.43. The summed E-state index contributed by atoms with van der Waals surface area (Å²) in [5.41, 5.74) is 1.82. The van der Waals surface area contributed by atoms with Crippen molar-refractivity contribution in [1.82, 2.24) is 20.2 Å². The van der Waals surface area contributed by atoms with Gasteiger partial charge in [0.2, 0.25) is 11.9 Å². The number of amides is 1. The first kappa shape index (κ1) is 15.4. The Morgan fingerprint density at radius 3 is 2.64 bits per heavy atom. The van der Waals surface area contributed by atoms with Crippen molar-refractivity contribution in [3.8, 4) is 11.4 Å². The second-order valence-corrected chi connectivity index (χ2v) is 6.04. The average molecular weight is 337 g/mol. The molecule has 0 spiro atoms. The van der Waals surface area contributed by atoms with Gasteiger partial charge in [-0.1, -0.05) is 12.1 Å². The summed E-state index contributed by atoms with van der Waals surface area (Å²) >= 11 is 0. The van der Waals surface area contributed by atoms with Gasteiger partial charge in [-0.3, -0.25) is 14.7 Å². The summed E-state index contributed by atoms with van der Waals surface area (Å²) in [6.07, 6.45) is 4.69. The van der Waals surface area contributed by atoms with E-state index in [2.05, 4.69) is 20.2 Å². The largest absolute Gasteiger partial charge is 0.307 e. The zero-order chi connectivity index (χ0) is 17.2. The first-order valence-electron chi connectivity index (χ1n) is 8.09. The Labute approximate surface area is 143 Å². The summed E-state index contributed by atoms with van der Waals surface area (Å²) in [4.78, 5) is 21.4. The minimum atomic E-state index is -0.270. The molecule has 0 aliphatic carbocycles. The van der Waals surface area contributed by atoms with Gasteiger partial charge in [0, 0.05) is 30.4 Å². The lowest BCUT2D eigenvalue weighted by atomic mass is 9.98. The van der Waals surface area contributed by atoms with Crippen LogP contribution in [0.5, 0.6) is 0 Å². The normalized spacial score (nSPS) is 17.2. The maximum absolute atomic E-state index is 13.0. The van der Waals surface area contributed by atoms with Gasteiger partial charge in [-0.05, 0) is 42.7 Å². The predicted octanol–water partition coefficient (Wildman–Crippen LogP) is 2.60. The Hall–Kier alpha value is -3.09. The highest BCUT2D eigenvalue weighted by Gasteiger charge is 2.34. The number of halogens is 1. The van der Waals surface area contributed by atoms with Crippen LogP contribution >= 0.6 is 0 Å². The molecule has 0 bridgehead atoms. The number of nitrogens with one attached hydrogen (secondary N) is 1. The van der Waals surface area contributed by atoms with E-state index in [1.54, 1.807) is 29.4 Å². The van der Waals surface area contributed by atoms with Crippen LogP contribution < -0.4 is 4.90 Å². The highest BCUT2D eigenvalue weighted by Crippen LogP contribution is 2.26. The third-order valence-corrected chi connectivity index (χ3v) is 4.40. The monoisotopic (exact) mass is 337 g/mol. The van der Waals surface area contributed by atoms with Crippen LogP contribution in [0.1, 0.15) is 12.0 Å². The van der Waals surface area contributed by atoms with E-state index in [1.165, 1.54) is 12.1 Å². The second-order valence-electron chi connectivity index (χ2n) is 6.04. The lowest BCUT2D eigenvalue weighted by Crippen LogP contribution is -2.28. The molecular weight excluding hydrogens is 321 g/mol. The van der Waals surface area contributed by atoms with E-state index in [0.29, 0.717) is 24.7 Å². The molecule has 1 fully saturated rings. The maximum Gasteiger partial charge on any atom is 0.232 e. The Kier molecular flexibility index (Phi) is 3.97. The highest BCUT2D eigenvalue weighted by molar-refractivity contribution is 5.95. The Balaban J connectivity index is 1.48. The summed E-state index contributed by atoms with van der Waals surface area (Å²) in [5.74, 6) is 0.681. The first-order chi connectivity index (χ1) is 12.2. The van der Waals surface area contributed by atoms with Crippen LogP contribution in [0.25, 0.3) is 11.4 Å². The molecule has 1 saturated heterocycles. The van der Waals surface area contributed by atoms with Crippen LogP contribution in [-0.2, 0) is 11.2 Å². The van der Waals surface area contributed by atoms with Gasteiger partial charge in [-0.15, -0.1) is 10.2 Å². The number of rotatable bonds is 4. The van der Waals surface area contributed by atoms with Gasteiger partial charge >= 0.3 is 0 Å². The molecule has 1 amide bonds. The van der Waals surface area contributed by atoms with Gasteiger partial charge in [0.25, 0.3) is 0 Å². The lowest BCUT2D eigenvalue weighted by Gasteiger charge is -2.13. The number of hydrogen-bond acceptors (Lipinski definition) is 4. The maximum atomic E-state index is 13.0. The van der Waals surface area contributed by atoms with E-state index in [4.69, 9.17) is 0 Å². The van der Waals surface area contributed by atoms with Crippen LogP contribution in [0.3, 0.4) is 0 Å². The number of carbonyl (C=O) groups excluding carboxylic acids is 1. The number of benzene rings is 1. The van der Waals surface area contributed by atoms with Gasteiger partial charge < -0.3 is 4.98 Å². The van der Waals surface area contributed by atoms with Crippen molar-refractivity contribution >= 4 is 11.9 Å². The van der Waals surface area contributed by atoms with Gasteiger partial charge in [0.15, 0.2) is 5.82 Å². The minimum Gasteiger partial charge on any atom is -0.307 e. The first-order valence-corrected chi connectivity index (χ1v) is 8.09. The average Bonchev–Trinajstić information content (AvgIpc) is 3.25. The zero-order valence-corrected chi connectivity index (χ0v) is 13.4. The molecule has 7 heteroatoms. The topological polar surface area (TPSA) is 74.8 Å². The number of nitrogens with zero attached hydrogens (tertiary/aromatic N) is 4. The smallest absolute Gasteiger partial charge is 0.232 e. The fraction of sp³-hybridized carbons (Fsp3) is 0.222. The Morgan fingerprint density at radius 2 is 1.88 bits per heavy atom. The van der Waals surface area contributed by atoms with E-state index in [0.717, 1.165) is 17.5 Å². The molecule has 3 heterocycles.